The number of aliphatic hydroxyl groups is 2. The zero-order valence-electron chi connectivity index (χ0n) is 22.8. The Morgan fingerprint density at radius 1 is 0.806 bits per heavy atom. The zero-order valence-corrected chi connectivity index (χ0v) is 23.6. The number of benzene rings is 1. The topological polar surface area (TPSA) is 83.8 Å². The lowest BCUT2D eigenvalue weighted by Crippen LogP contribution is -2.56. The number of unbranched alkanes of at least 4 members (excludes halogenated alkanes) is 11. The minimum Gasteiger partial charge on any atom is -0.391 e. The van der Waals surface area contributed by atoms with Crippen LogP contribution in [0.1, 0.15) is 96.8 Å². The Labute approximate surface area is 221 Å². The van der Waals surface area contributed by atoms with Gasteiger partial charge in [-0.2, -0.15) is 8.42 Å². The van der Waals surface area contributed by atoms with E-state index in [1.54, 1.807) is 18.2 Å². The summed E-state index contributed by atoms with van der Waals surface area (Å²) in [5, 5.41) is 19.2. The minimum atomic E-state index is -3.94. The molecule has 0 bridgehead atoms. The van der Waals surface area contributed by atoms with Crippen LogP contribution in [0.3, 0.4) is 0 Å². The van der Waals surface area contributed by atoms with Crippen LogP contribution >= 0.6 is 0 Å². The molecule has 0 aliphatic rings. The first-order chi connectivity index (χ1) is 17.4. The molecule has 0 aliphatic heterocycles. The predicted molar refractivity (Wildman–Crippen MR) is 148 cm³/mol. The van der Waals surface area contributed by atoms with E-state index in [9.17, 15) is 18.6 Å². The predicted octanol–water partition coefficient (Wildman–Crippen LogP) is 6.19. The van der Waals surface area contributed by atoms with Crippen LogP contribution in [0.15, 0.2) is 47.4 Å². The second-order valence-electron chi connectivity index (χ2n) is 10.1. The number of quaternary nitrogens is 1. The van der Waals surface area contributed by atoms with Crippen molar-refractivity contribution in [3.05, 3.63) is 42.5 Å². The number of aliphatic hydroxyl groups excluding tert-OH is 2. The van der Waals surface area contributed by atoms with Gasteiger partial charge in [0.1, 0.15) is 13.1 Å². The van der Waals surface area contributed by atoms with Crippen molar-refractivity contribution in [1.82, 2.24) is 0 Å². The van der Waals surface area contributed by atoms with Gasteiger partial charge < -0.3 is 10.2 Å². The highest BCUT2D eigenvalue weighted by Gasteiger charge is 2.36. The molecule has 1 aromatic carbocycles. The van der Waals surface area contributed by atoms with Gasteiger partial charge in [-0.3, -0.25) is 4.48 Å². The number of nitrogens with zero attached hydrogens (tertiary/aromatic N) is 1. The first-order valence-corrected chi connectivity index (χ1v) is 15.5. The molecule has 1 rings (SSSR count). The number of allylic oxidation sites excluding steroid dienone is 2. The van der Waals surface area contributed by atoms with Crippen LogP contribution in [0.5, 0.6) is 0 Å². The van der Waals surface area contributed by atoms with E-state index in [4.69, 9.17) is 4.18 Å². The van der Waals surface area contributed by atoms with E-state index in [0.29, 0.717) is 19.5 Å². The maximum absolute atomic E-state index is 12.9. The van der Waals surface area contributed by atoms with Gasteiger partial charge in [-0.05, 0) is 44.2 Å². The molecule has 1 aromatic rings. The standard InChI is InChI=1S/C29H52NO5S/c1-3-4-5-6-7-8-9-10-11-12-13-14-15-16-20-23-29(30(2,24-26-31)25-27-32)35-36(33,34)28-21-18-17-19-22-28/h10-11,17-19,21-22,29,31-32H,3-9,12-16,20,23-27H2,1-2H3/q+1/b11-10-. The highest BCUT2D eigenvalue weighted by molar-refractivity contribution is 7.86. The molecule has 208 valence electrons. The lowest BCUT2D eigenvalue weighted by Gasteiger charge is -2.39. The van der Waals surface area contributed by atoms with Crippen LogP contribution in [-0.2, 0) is 14.3 Å². The van der Waals surface area contributed by atoms with Crippen molar-refractivity contribution in [2.24, 2.45) is 0 Å². The van der Waals surface area contributed by atoms with Crippen LogP contribution < -0.4 is 0 Å². The Morgan fingerprint density at radius 3 is 1.83 bits per heavy atom. The molecular weight excluding hydrogens is 474 g/mol. The molecule has 0 saturated heterocycles. The maximum Gasteiger partial charge on any atom is 0.301 e. The van der Waals surface area contributed by atoms with Crippen molar-refractivity contribution in [3.63, 3.8) is 0 Å². The van der Waals surface area contributed by atoms with Crippen LogP contribution in [0.25, 0.3) is 0 Å². The Kier molecular flexibility index (Phi) is 18.0. The van der Waals surface area contributed by atoms with Crippen molar-refractivity contribution >= 4 is 10.1 Å². The van der Waals surface area contributed by atoms with Crippen LogP contribution in [0.4, 0.5) is 0 Å². The van der Waals surface area contributed by atoms with Gasteiger partial charge in [-0.15, -0.1) is 0 Å². The van der Waals surface area contributed by atoms with Crippen molar-refractivity contribution in [2.75, 3.05) is 33.4 Å². The van der Waals surface area contributed by atoms with E-state index >= 15 is 0 Å². The van der Waals surface area contributed by atoms with Crippen LogP contribution in [0, 0.1) is 0 Å². The zero-order chi connectivity index (χ0) is 26.5. The van der Waals surface area contributed by atoms with Gasteiger partial charge >= 0.3 is 10.1 Å². The number of rotatable bonds is 23. The van der Waals surface area contributed by atoms with Gasteiger partial charge in [0.25, 0.3) is 0 Å². The third-order valence-electron chi connectivity index (χ3n) is 6.90. The largest absolute Gasteiger partial charge is 0.391 e. The average molecular weight is 527 g/mol. The summed E-state index contributed by atoms with van der Waals surface area (Å²) in [6.45, 7) is 2.69. The monoisotopic (exact) mass is 526 g/mol. The fourth-order valence-electron chi connectivity index (χ4n) is 4.50. The second kappa shape index (κ2) is 19.8. The number of hydrogen-bond acceptors (Lipinski definition) is 5. The molecule has 0 heterocycles. The molecule has 2 N–H and O–H groups in total. The van der Waals surface area contributed by atoms with Crippen molar-refractivity contribution in [1.29, 1.82) is 0 Å². The molecule has 1 unspecified atom stereocenters. The molecule has 0 radical (unpaired) electrons. The molecule has 0 amide bonds. The summed E-state index contributed by atoms with van der Waals surface area (Å²) in [5.41, 5.74) is 0. The minimum absolute atomic E-state index is 0.103. The molecule has 0 fully saturated rings. The summed E-state index contributed by atoms with van der Waals surface area (Å²) in [5.74, 6) is 0. The van der Waals surface area contributed by atoms with E-state index in [2.05, 4.69) is 19.1 Å². The summed E-state index contributed by atoms with van der Waals surface area (Å²) >= 11 is 0. The van der Waals surface area contributed by atoms with E-state index in [-0.39, 0.29) is 22.6 Å². The van der Waals surface area contributed by atoms with Gasteiger partial charge in [-0.1, -0.05) is 88.6 Å². The van der Waals surface area contributed by atoms with Crippen LogP contribution in [0.2, 0.25) is 0 Å². The van der Waals surface area contributed by atoms with E-state index < -0.39 is 16.3 Å². The fraction of sp³-hybridized carbons (Fsp3) is 0.724. The van der Waals surface area contributed by atoms with Gasteiger partial charge in [0, 0.05) is 6.42 Å². The first kappa shape index (κ1) is 32.8. The summed E-state index contributed by atoms with van der Waals surface area (Å²) < 4.78 is 31.7. The third kappa shape index (κ3) is 13.9. The number of hydrogen-bond donors (Lipinski definition) is 2. The number of likely N-dealkylation sites (N-methyl/N-ethyl adjacent to an activating group) is 1. The summed E-state index contributed by atoms with van der Waals surface area (Å²) in [7, 11) is -2.09. The lowest BCUT2D eigenvalue weighted by molar-refractivity contribution is -0.951. The van der Waals surface area contributed by atoms with Crippen molar-refractivity contribution < 1.29 is 27.3 Å². The molecule has 0 saturated carbocycles. The Balaban J connectivity index is 2.42. The van der Waals surface area contributed by atoms with Gasteiger partial charge in [0.2, 0.25) is 6.23 Å². The Hall–Kier alpha value is -1.25. The summed E-state index contributed by atoms with van der Waals surface area (Å²) in [6, 6.07) is 8.16. The highest BCUT2D eigenvalue weighted by atomic mass is 32.2. The molecule has 36 heavy (non-hydrogen) atoms. The van der Waals surface area contributed by atoms with E-state index in [1.807, 2.05) is 7.05 Å². The quantitative estimate of drug-likeness (QED) is 0.0584. The molecule has 0 aromatic heterocycles. The molecule has 1 atom stereocenters. The summed E-state index contributed by atoms with van der Waals surface area (Å²) in [4.78, 5) is 0.124. The normalized spacial score (nSPS) is 13.4. The molecule has 0 spiro atoms. The SMILES string of the molecule is CCCCCCCC/C=C\CCCCCCCC(OS(=O)(=O)c1ccccc1)[N+](C)(CCO)CCO. The summed E-state index contributed by atoms with van der Waals surface area (Å²) in [6.07, 6.45) is 20.2. The van der Waals surface area contributed by atoms with Crippen LogP contribution in [-0.4, -0.2) is 62.7 Å². The lowest BCUT2D eigenvalue weighted by atomic mass is 10.1. The van der Waals surface area contributed by atoms with E-state index in [0.717, 1.165) is 32.1 Å². The van der Waals surface area contributed by atoms with Gasteiger partial charge in [-0.25, -0.2) is 4.18 Å². The Morgan fingerprint density at radius 2 is 1.31 bits per heavy atom. The third-order valence-corrected chi connectivity index (χ3v) is 8.22. The smallest absolute Gasteiger partial charge is 0.301 e. The second-order valence-corrected chi connectivity index (χ2v) is 11.6. The van der Waals surface area contributed by atoms with Gasteiger partial charge in [0.15, 0.2) is 0 Å². The first-order valence-electron chi connectivity index (χ1n) is 14.1. The Bertz CT molecular complexity index is 776. The van der Waals surface area contributed by atoms with Crippen molar-refractivity contribution in [3.8, 4) is 0 Å². The maximum atomic E-state index is 12.9. The average Bonchev–Trinajstić information content (AvgIpc) is 2.86. The van der Waals surface area contributed by atoms with Gasteiger partial charge in [0.05, 0.1) is 25.2 Å². The highest BCUT2D eigenvalue weighted by Crippen LogP contribution is 2.24. The van der Waals surface area contributed by atoms with E-state index in [1.165, 1.54) is 63.5 Å². The molecule has 6 nitrogen and oxygen atoms in total. The fourth-order valence-corrected chi connectivity index (χ4v) is 5.70. The molecule has 7 heteroatoms. The van der Waals surface area contributed by atoms with Crippen molar-refractivity contribution in [2.45, 2.75) is 108 Å². The molecule has 0 aliphatic carbocycles. The molecular formula is C29H52NO5S+.